The van der Waals surface area contributed by atoms with E-state index >= 15 is 4.39 Å². The summed E-state index contributed by atoms with van der Waals surface area (Å²) in [7, 11) is 2.75. The fourth-order valence-corrected chi connectivity index (χ4v) is 9.90. The lowest BCUT2D eigenvalue weighted by Crippen LogP contribution is -2.46. The van der Waals surface area contributed by atoms with E-state index in [1.54, 1.807) is 18.2 Å². The van der Waals surface area contributed by atoms with Crippen molar-refractivity contribution in [3.05, 3.63) is 64.7 Å². The zero-order valence-electron chi connectivity index (χ0n) is 32.3. The fraction of sp³-hybridized carbons (Fsp3) is 0.488. The summed E-state index contributed by atoms with van der Waals surface area (Å²) in [6, 6.07) is 8.37. The quantitative estimate of drug-likeness (QED) is 0.0475. The molecule has 0 saturated carbocycles. The Morgan fingerprint density at radius 1 is 1.02 bits per heavy atom. The predicted molar refractivity (Wildman–Crippen MR) is 209 cm³/mol. The van der Waals surface area contributed by atoms with Crippen LogP contribution in [0.3, 0.4) is 0 Å². The van der Waals surface area contributed by atoms with Gasteiger partial charge in [0.05, 0.1) is 38.3 Å². The average molecular weight is 820 g/mol. The number of benzene rings is 2. The molecule has 5 atom stereocenters. The molecular formula is C41H46FN5O10S. The van der Waals surface area contributed by atoms with E-state index in [4.69, 9.17) is 13.9 Å². The SMILES string of the molecule is COC(=O)[C@H](CCCCCC(=O)c1cc2cc([C@]3(CN4Cc5ccc(OC)cc5C4=O)CC(=O)NC3=O)oc2cc1F)NC(=O)CCCC[C@@H]1SCC2NC(=O)NC21. The third-order valence-electron chi connectivity index (χ3n) is 11.5. The highest BCUT2D eigenvalue weighted by molar-refractivity contribution is 8.00. The van der Waals surface area contributed by atoms with Gasteiger partial charge in [-0.05, 0) is 55.5 Å². The first-order valence-electron chi connectivity index (χ1n) is 19.5. The minimum absolute atomic E-state index is 0.0201. The van der Waals surface area contributed by atoms with Gasteiger partial charge in [-0.25, -0.2) is 14.0 Å². The van der Waals surface area contributed by atoms with Gasteiger partial charge < -0.3 is 34.7 Å². The minimum Gasteiger partial charge on any atom is -0.497 e. The summed E-state index contributed by atoms with van der Waals surface area (Å²) in [5, 5.41) is 11.6. The first-order valence-corrected chi connectivity index (χ1v) is 20.6. The molecule has 0 bridgehead atoms. The summed E-state index contributed by atoms with van der Waals surface area (Å²) < 4.78 is 31.5. The van der Waals surface area contributed by atoms with Crippen molar-refractivity contribution in [3.63, 3.8) is 0 Å². The number of amides is 6. The maximum Gasteiger partial charge on any atom is 0.328 e. The smallest absolute Gasteiger partial charge is 0.328 e. The average Bonchev–Trinajstić information content (AvgIpc) is 4.01. The molecule has 6 amide bonds. The number of imide groups is 1. The van der Waals surface area contributed by atoms with Gasteiger partial charge in [-0.2, -0.15) is 11.8 Å². The fourth-order valence-electron chi connectivity index (χ4n) is 8.36. The van der Waals surface area contributed by atoms with Gasteiger partial charge in [0.15, 0.2) is 5.78 Å². The molecule has 0 radical (unpaired) electrons. The number of thioether (sulfide) groups is 1. The van der Waals surface area contributed by atoms with Crippen LogP contribution in [-0.2, 0) is 35.9 Å². The Morgan fingerprint density at radius 3 is 2.59 bits per heavy atom. The predicted octanol–water partition coefficient (Wildman–Crippen LogP) is 4.04. The van der Waals surface area contributed by atoms with Crippen molar-refractivity contribution < 1.29 is 51.8 Å². The number of ketones is 1. The highest BCUT2D eigenvalue weighted by Crippen LogP contribution is 2.40. The van der Waals surface area contributed by atoms with Crippen molar-refractivity contribution >= 4 is 64.1 Å². The molecule has 3 aromatic rings. The molecule has 2 aromatic carbocycles. The first-order chi connectivity index (χ1) is 27.9. The number of rotatable bonds is 18. The number of methoxy groups -OCH3 is 2. The van der Waals surface area contributed by atoms with Crippen LogP contribution in [0.2, 0.25) is 0 Å². The summed E-state index contributed by atoms with van der Waals surface area (Å²) in [4.78, 5) is 90.8. The van der Waals surface area contributed by atoms with Gasteiger partial charge in [-0.1, -0.05) is 25.3 Å². The van der Waals surface area contributed by atoms with Crippen molar-refractivity contribution in [1.29, 1.82) is 0 Å². The van der Waals surface area contributed by atoms with Gasteiger partial charge in [0, 0.05) is 53.9 Å². The summed E-state index contributed by atoms with van der Waals surface area (Å²) in [6.07, 6.45) is 4.04. The summed E-state index contributed by atoms with van der Waals surface area (Å²) in [5.41, 5.74) is -0.483. The summed E-state index contributed by atoms with van der Waals surface area (Å²) >= 11 is 1.82. The molecule has 4 N–H and O–H groups in total. The van der Waals surface area contributed by atoms with E-state index < -0.39 is 40.8 Å². The first kappa shape index (κ1) is 40.7. The van der Waals surface area contributed by atoms with Crippen LogP contribution in [0.1, 0.15) is 96.2 Å². The molecule has 7 rings (SSSR count). The molecule has 5 heterocycles. The monoisotopic (exact) mass is 819 g/mol. The van der Waals surface area contributed by atoms with Crippen molar-refractivity contribution in [2.45, 2.75) is 99.5 Å². The molecule has 4 aliphatic rings. The lowest BCUT2D eigenvalue weighted by molar-refractivity contribution is -0.145. The van der Waals surface area contributed by atoms with Crippen LogP contribution in [0.25, 0.3) is 11.0 Å². The van der Waals surface area contributed by atoms with Crippen molar-refractivity contribution in [2.75, 3.05) is 26.5 Å². The number of Topliss-reactive ketones (excluding diaryl/α,β-unsaturated/α-hetero) is 1. The summed E-state index contributed by atoms with van der Waals surface area (Å²) in [6.45, 7) is 0.0345. The third-order valence-corrected chi connectivity index (χ3v) is 13.0. The van der Waals surface area contributed by atoms with E-state index in [-0.39, 0.29) is 79.2 Å². The molecule has 0 spiro atoms. The van der Waals surface area contributed by atoms with Gasteiger partial charge in [-0.3, -0.25) is 29.3 Å². The number of unbranched alkanes of at least 4 members (excludes halogenated alkanes) is 3. The second-order valence-electron chi connectivity index (χ2n) is 15.3. The van der Waals surface area contributed by atoms with Crippen LogP contribution in [-0.4, -0.2) is 96.2 Å². The van der Waals surface area contributed by atoms with E-state index in [1.807, 2.05) is 11.8 Å². The Bertz CT molecular complexity index is 2160. The maximum absolute atomic E-state index is 15.4. The van der Waals surface area contributed by atoms with Gasteiger partial charge in [0.1, 0.15) is 34.4 Å². The van der Waals surface area contributed by atoms with Crippen LogP contribution in [0, 0.1) is 5.82 Å². The molecule has 4 aliphatic heterocycles. The maximum atomic E-state index is 15.4. The molecule has 3 saturated heterocycles. The van der Waals surface area contributed by atoms with E-state index in [0.29, 0.717) is 54.1 Å². The van der Waals surface area contributed by atoms with Gasteiger partial charge in [-0.15, -0.1) is 0 Å². The van der Waals surface area contributed by atoms with E-state index in [9.17, 15) is 33.6 Å². The van der Waals surface area contributed by atoms with Crippen LogP contribution >= 0.6 is 11.8 Å². The number of fused-ring (bicyclic) bond motifs is 3. The molecule has 1 aromatic heterocycles. The topological polar surface area (TPSA) is 202 Å². The lowest BCUT2D eigenvalue weighted by Gasteiger charge is -2.28. The molecule has 58 heavy (non-hydrogen) atoms. The molecule has 0 aliphatic carbocycles. The molecule has 3 fully saturated rings. The van der Waals surface area contributed by atoms with Crippen molar-refractivity contribution in [3.8, 4) is 5.75 Å². The molecule has 17 heteroatoms. The van der Waals surface area contributed by atoms with Gasteiger partial charge >= 0.3 is 12.0 Å². The van der Waals surface area contributed by atoms with Crippen molar-refractivity contribution in [2.24, 2.45) is 0 Å². The largest absolute Gasteiger partial charge is 0.497 e. The number of furan rings is 1. The minimum atomic E-state index is -1.58. The Balaban J connectivity index is 0.911. The summed E-state index contributed by atoms with van der Waals surface area (Å²) in [5.74, 6) is -2.14. The number of carbonyl (C=O) groups is 7. The van der Waals surface area contributed by atoms with Crippen LogP contribution in [0.4, 0.5) is 9.18 Å². The standard InChI is InChI=1S/C41H46FN5O10S/c1-55-24-13-12-22-19-47(37(51)25(22)16-24)21-41(18-35(50)45-39(41)53)33-15-23-14-26(27(42)17-31(23)57-33)30(48)9-5-3-4-8-28(38(52)56-2)43-34(49)11-7-6-10-32-36-29(20-58-32)44-40(54)46-36/h12-17,28-29,32,36H,3-11,18-21H2,1-2H3,(H,43,49)(H2,44,46,54)(H,45,50,53)/t28-,29?,32-,36?,41+/m0/s1. The zero-order chi connectivity index (χ0) is 41.1. The number of ether oxygens (including phenoxy) is 2. The number of hydrogen-bond acceptors (Lipinski definition) is 11. The highest BCUT2D eigenvalue weighted by Gasteiger charge is 2.53. The third kappa shape index (κ3) is 8.40. The van der Waals surface area contributed by atoms with Crippen LogP contribution in [0.5, 0.6) is 5.75 Å². The van der Waals surface area contributed by atoms with E-state index in [0.717, 1.165) is 30.2 Å². The number of nitrogens with one attached hydrogen (secondary N) is 4. The highest BCUT2D eigenvalue weighted by atomic mass is 32.2. The normalized spacial score (nSPS) is 22.7. The molecule has 308 valence electrons. The molecule has 15 nitrogen and oxygen atoms in total. The number of urea groups is 1. The number of nitrogens with zero attached hydrogens (tertiary/aromatic N) is 1. The van der Waals surface area contributed by atoms with E-state index in [2.05, 4.69) is 21.3 Å². The number of hydrogen-bond donors (Lipinski definition) is 4. The Kier molecular flexibility index (Phi) is 12.1. The number of esters is 1. The molecular weight excluding hydrogens is 774 g/mol. The van der Waals surface area contributed by atoms with Crippen LogP contribution < -0.4 is 26.0 Å². The number of halogens is 1. The van der Waals surface area contributed by atoms with Crippen LogP contribution in [0.15, 0.2) is 40.8 Å². The Morgan fingerprint density at radius 2 is 1.83 bits per heavy atom. The Labute approximate surface area is 337 Å². The van der Waals surface area contributed by atoms with Gasteiger partial charge in [0.25, 0.3) is 5.91 Å². The number of carbonyl (C=O) groups excluding carboxylic acids is 7. The lowest BCUT2D eigenvalue weighted by atomic mass is 9.82. The zero-order valence-corrected chi connectivity index (χ0v) is 33.1. The second kappa shape index (κ2) is 17.2. The van der Waals surface area contributed by atoms with Crippen molar-refractivity contribution in [1.82, 2.24) is 26.2 Å². The van der Waals surface area contributed by atoms with E-state index in [1.165, 1.54) is 31.3 Å². The van der Waals surface area contributed by atoms with Gasteiger partial charge in [0.2, 0.25) is 17.7 Å². The molecule has 2 unspecified atom stereocenters. The second-order valence-corrected chi connectivity index (χ2v) is 16.6. The Hall–Kier alpha value is -5.45.